The second kappa shape index (κ2) is 7.62. The molecule has 7 nitrogen and oxygen atoms in total. The second-order valence-corrected chi connectivity index (χ2v) is 7.17. The molecule has 0 saturated carbocycles. The monoisotopic (exact) mass is 364 g/mol. The lowest BCUT2D eigenvalue weighted by atomic mass is 10.1. The molecule has 1 aromatic carbocycles. The predicted molar refractivity (Wildman–Crippen MR) is 92.1 cm³/mol. The molecule has 0 atom stereocenters. The van der Waals surface area contributed by atoms with E-state index < -0.39 is 16.0 Å². The van der Waals surface area contributed by atoms with Gasteiger partial charge in [0, 0.05) is 6.20 Å². The normalized spacial score (nSPS) is 11.2. The molecular formula is C17H20N2O5S. The average molecular weight is 364 g/mol. The van der Waals surface area contributed by atoms with Crippen molar-refractivity contribution in [2.75, 3.05) is 14.2 Å². The summed E-state index contributed by atoms with van der Waals surface area (Å²) >= 11 is 0. The van der Waals surface area contributed by atoms with E-state index in [0.717, 1.165) is 11.1 Å². The Morgan fingerprint density at radius 3 is 2.48 bits per heavy atom. The van der Waals surface area contributed by atoms with Gasteiger partial charge in [-0.1, -0.05) is 0 Å². The number of ether oxygens (including phenoxy) is 2. The third-order valence-corrected chi connectivity index (χ3v) is 5.17. The van der Waals surface area contributed by atoms with E-state index in [-0.39, 0.29) is 17.2 Å². The number of sulfonamides is 1. The third kappa shape index (κ3) is 4.34. The number of methoxy groups -OCH3 is 2. The van der Waals surface area contributed by atoms with Gasteiger partial charge in [-0.3, -0.25) is 4.98 Å². The first-order valence-electron chi connectivity index (χ1n) is 7.46. The lowest BCUT2D eigenvalue weighted by Gasteiger charge is -2.13. The van der Waals surface area contributed by atoms with E-state index in [1.54, 1.807) is 12.1 Å². The summed E-state index contributed by atoms with van der Waals surface area (Å²) in [6, 6.07) is 6.22. The molecule has 134 valence electrons. The Labute approximate surface area is 147 Å². The van der Waals surface area contributed by atoms with Crippen LogP contribution >= 0.6 is 0 Å². The van der Waals surface area contributed by atoms with Crippen molar-refractivity contribution in [3.63, 3.8) is 0 Å². The van der Waals surface area contributed by atoms with Crippen LogP contribution in [-0.2, 0) is 21.3 Å². The fourth-order valence-corrected chi connectivity index (χ4v) is 3.43. The van der Waals surface area contributed by atoms with Crippen molar-refractivity contribution >= 4 is 16.0 Å². The van der Waals surface area contributed by atoms with E-state index in [0.29, 0.717) is 11.3 Å². The minimum absolute atomic E-state index is 0.0576. The Balaban J connectivity index is 2.26. The summed E-state index contributed by atoms with van der Waals surface area (Å²) in [6.07, 6.45) is 1.42. The van der Waals surface area contributed by atoms with Crippen molar-refractivity contribution in [1.29, 1.82) is 0 Å². The number of carbonyl (C=O) groups excluding carboxylic acids is 1. The number of aromatic nitrogens is 1. The first-order valence-corrected chi connectivity index (χ1v) is 8.95. The molecule has 0 radical (unpaired) electrons. The maximum Gasteiger partial charge on any atom is 0.337 e. The first-order chi connectivity index (χ1) is 11.8. The molecular weight excluding hydrogens is 344 g/mol. The number of hydrogen-bond acceptors (Lipinski definition) is 6. The highest BCUT2D eigenvalue weighted by atomic mass is 32.2. The highest BCUT2D eigenvalue weighted by Crippen LogP contribution is 2.27. The molecule has 0 aliphatic rings. The van der Waals surface area contributed by atoms with Crippen molar-refractivity contribution in [1.82, 2.24) is 9.71 Å². The van der Waals surface area contributed by atoms with Crippen molar-refractivity contribution in [2.24, 2.45) is 0 Å². The van der Waals surface area contributed by atoms with Crippen LogP contribution in [0.5, 0.6) is 5.75 Å². The number of nitrogens with one attached hydrogen (secondary N) is 1. The highest BCUT2D eigenvalue weighted by molar-refractivity contribution is 7.89. The van der Waals surface area contributed by atoms with Crippen LogP contribution in [0.4, 0.5) is 0 Å². The molecule has 0 amide bonds. The highest BCUT2D eigenvalue weighted by Gasteiger charge is 2.21. The standard InChI is InChI=1S/C17H20N2O5S/c1-11-7-15(23-3)16(8-12(11)2)25(21,22)19-10-14-9-13(5-6-18-14)17(20)24-4/h5-9,19H,10H2,1-4H3. The quantitative estimate of drug-likeness (QED) is 0.788. The summed E-state index contributed by atoms with van der Waals surface area (Å²) in [7, 11) is -1.11. The minimum atomic E-state index is -3.81. The maximum absolute atomic E-state index is 12.6. The Hall–Kier alpha value is -2.45. The number of benzene rings is 1. The van der Waals surface area contributed by atoms with Crippen molar-refractivity contribution in [3.05, 3.63) is 52.8 Å². The van der Waals surface area contributed by atoms with Gasteiger partial charge in [0.1, 0.15) is 10.6 Å². The summed E-state index contributed by atoms with van der Waals surface area (Å²) in [5, 5.41) is 0. The van der Waals surface area contributed by atoms with Crippen molar-refractivity contribution in [2.45, 2.75) is 25.3 Å². The van der Waals surface area contributed by atoms with Crippen molar-refractivity contribution < 1.29 is 22.7 Å². The first kappa shape index (κ1) is 18.9. The molecule has 8 heteroatoms. The van der Waals surface area contributed by atoms with Crippen LogP contribution in [0.3, 0.4) is 0 Å². The summed E-state index contributed by atoms with van der Waals surface area (Å²) in [5.74, 6) is -0.241. The van der Waals surface area contributed by atoms with Gasteiger partial charge in [0.25, 0.3) is 0 Å². The van der Waals surface area contributed by atoms with Gasteiger partial charge in [0.05, 0.1) is 32.0 Å². The molecule has 0 spiro atoms. The van der Waals surface area contributed by atoms with E-state index in [1.165, 1.54) is 32.5 Å². The lowest BCUT2D eigenvalue weighted by Crippen LogP contribution is -2.24. The average Bonchev–Trinajstić information content (AvgIpc) is 2.61. The number of carbonyl (C=O) groups is 1. The summed E-state index contributed by atoms with van der Waals surface area (Å²) < 4.78 is 37.5. The van der Waals surface area contributed by atoms with Crippen molar-refractivity contribution in [3.8, 4) is 5.75 Å². The molecule has 2 aromatic rings. The predicted octanol–water partition coefficient (Wildman–Crippen LogP) is 1.97. The number of nitrogens with zero attached hydrogens (tertiary/aromatic N) is 1. The molecule has 0 saturated heterocycles. The number of pyridine rings is 1. The zero-order valence-corrected chi connectivity index (χ0v) is 15.3. The molecule has 1 aromatic heterocycles. The number of hydrogen-bond donors (Lipinski definition) is 1. The van der Waals surface area contributed by atoms with Crippen LogP contribution < -0.4 is 9.46 Å². The van der Waals surface area contributed by atoms with Crippen LogP contribution in [0.1, 0.15) is 27.2 Å². The van der Waals surface area contributed by atoms with Gasteiger partial charge in [0.2, 0.25) is 10.0 Å². The number of esters is 1. The Bertz CT molecular complexity index is 894. The van der Waals surface area contributed by atoms with Gasteiger partial charge < -0.3 is 9.47 Å². The molecule has 0 bridgehead atoms. The van der Waals surface area contributed by atoms with E-state index in [4.69, 9.17) is 4.74 Å². The van der Waals surface area contributed by atoms with Crippen LogP contribution in [0, 0.1) is 13.8 Å². The van der Waals surface area contributed by atoms with Crippen LogP contribution in [-0.4, -0.2) is 33.6 Å². The van der Waals surface area contributed by atoms with Crippen LogP contribution in [0.25, 0.3) is 0 Å². The maximum atomic E-state index is 12.6. The molecule has 25 heavy (non-hydrogen) atoms. The van der Waals surface area contributed by atoms with E-state index in [9.17, 15) is 13.2 Å². The summed E-state index contributed by atoms with van der Waals surface area (Å²) in [4.78, 5) is 15.7. The van der Waals surface area contributed by atoms with Gasteiger partial charge in [0.15, 0.2) is 0 Å². The Morgan fingerprint density at radius 2 is 1.84 bits per heavy atom. The smallest absolute Gasteiger partial charge is 0.337 e. The van der Waals surface area contributed by atoms with Crippen LogP contribution in [0.2, 0.25) is 0 Å². The van der Waals surface area contributed by atoms with Gasteiger partial charge in [-0.05, 0) is 49.2 Å². The topological polar surface area (TPSA) is 94.6 Å². The van der Waals surface area contributed by atoms with Gasteiger partial charge in [-0.2, -0.15) is 0 Å². The molecule has 2 rings (SSSR count). The Morgan fingerprint density at radius 1 is 1.16 bits per heavy atom. The Kier molecular flexibility index (Phi) is 5.76. The summed E-state index contributed by atoms with van der Waals surface area (Å²) in [6.45, 7) is 3.64. The molecule has 0 fully saturated rings. The zero-order valence-electron chi connectivity index (χ0n) is 14.5. The number of aryl methyl sites for hydroxylation is 2. The fraction of sp³-hybridized carbons (Fsp3) is 0.294. The van der Waals surface area contributed by atoms with Gasteiger partial charge >= 0.3 is 5.97 Å². The molecule has 0 aliphatic heterocycles. The van der Waals surface area contributed by atoms with E-state index >= 15 is 0 Å². The molecule has 0 aliphatic carbocycles. The zero-order chi connectivity index (χ0) is 18.6. The second-order valence-electron chi connectivity index (χ2n) is 5.44. The summed E-state index contributed by atoms with van der Waals surface area (Å²) in [5.41, 5.74) is 2.47. The molecule has 1 heterocycles. The van der Waals surface area contributed by atoms with Crippen LogP contribution in [0.15, 0.2) is 35.4 Å². The van der Waals surface area contributed by atoms with Gasteiger partial charge in [-0.15, -0.1) is 0 Å². The minimum Gasteiger partial charge on any atom is -0.495 e. The number of rotatable bonds is 6. The molecule has 1 N–H and O–H groups in total. The third-order valence-electron chi connectivity index (χ3n) is 3.75. The van der Waals surface area contributed by atoms with E-state index in [1.807, 2.05) is 13.8 Å². The SMILES string of the molecule is COC(=O)c1ccnc(CNS(=O)(=O)c2cc(C)c(C)cc2OC)c1. The van der Waals surface area contributed by atoms with Gasteiger partial charge in [-0.25, -0.2) is 17.9 Å². The fourth-order valence-electron chi connectivity index (χ4n) is 2.20. The largest absolute Gasteiger partial charge is 0.495 e. The molecule has 0 unspecified atom stereocenters. The van der Waals surface area contributed by atoms with E-state index in [2.05, 4.69) is 14.4 Å². The lowest BCUT2D eigenvalue weighted by molar-refractivity contribution is 0.0600.